The van der Waals surface area contributed by atoms with Gasteiger partial charge in [-0.3, -0.25) is 9.79 Å². The molecule has 0 spiro atoms. The van der Waals surface area contributed by atoms with Crippen LogP contribution in [0.5, 0.6) is 0 Å². The first-order chi connectivity index (χ1) is 5.90. The fourth-order valence-electron chi connectivity index (χ4n) is 1.18. The van der Waals surface area contributed by atoms with Crippen molar-refractivity contribution < 1.29 is 4.79 Å². The summed E-state index contributed by atoms with van der Waals surface area (Å²) < 4.78 is 0. The van der Waals surface area contributed by atoms with Crippen molar-refractivity contribution in [2.45, 2.75) is 0 Å². The first-order valence-electron chi connectivity index (χ1n) is 3.74. The van der Waals surface area contributed by atoms with E-state index in [1.165, 1.54) is 0 Å². The van der Waals surface area contributed by atoms with Gasteiger partial charge in [-0.1, -0.05) is 0 Å². The molecular weight excluding hydrogens is 152 g/mol. The first-order valence-corrected chi connectivity index (χ1v) is 3.74. The second-order valence-corrected chi connectivity index (χ2v) is 2.62. The Balaban J connectivity index is 2.31. The Bertz CT molecular complexity index is 323. The zero-order valence-corrected chi connectivity index (χ0v) is 6.47. The summed E-state index contributed by atoms with van der Waals surface area (Å²) in [5, 5.41) is 0. The lowest BCUT2D eigenvalue weighted by atomic mass is 10.2. The van der Waals surface area contributed by atoms with E-state index in [0.717, 1.165) is 18.5 Å². The van der Waals surface area contributed by atoms with E-state index < -0.39 is 0 Å². The number of hydrogen-bond acceptors (Lipinski definition) is 3. The monoisotopic (exact) mass is 160 g/mol. The third kappa shape index (κ3) is 1.09. The Morgan fingerprint density at radius 2 is 2.42 bits per heavy atom. The molecule has 0 aromatic carbocycles. The minimum Gasteiger partial charge on any atom is -0.341 e. The van der Waals surface area contributed by atoms with Crippen LogP contribution in [0, 0.1) is 0 Å². The Morgan fingerprint density at radius 3 is 3.25 bits per heavy atom. The van der Waals surface area contributed by atoms with Gasteiger partial charge < -0.3 is 4.90 Å². The molecule has 0 atom stereocenters. The molecule has 0 N–H and O–H groups in total. The molecule has 2 aliphatic rings. The van der Waals surface area contributed by atoms with Gasteiger partial charge in [0.05, 0.1) is 18.4 Å². The van der Waals surface area contributed by atoms with Crippen LogP contribution in [-0.2, 0) is 4.79 Å². The number of carbonyl (C=O) groups excluding carboxylic acids is 1. The average molecular weight is 160 g/mol. The van der Waals surface area contributed by atoms with E-state index in [0.29, 0.717) is 5.57 Å². The predicted molar refractivity (Wildman–Crippen MR) is 46.6 cm³/mol. The highest BCUT2D eigenvalue weighted by molar-refractivity contribution is 5.79. The van der Waals surface area contributed by atoms with E-state index in [2.05, 4.69) is 4.99 Å². The standard InChI is InChI=1S/C9H8N2O/c12-7-8-1-2-9-5-10-3-4-11(9)6-8/h1-3,5-7H,4H2. The second kappa shape index (κ2) is 2.77. The van der Waals surface area contributed by atoms with E-state index in [1.807, 2.05) is 23.4 Å². The molecule has 0 aromatic rings. The Kier molecular flexibility index (Phi) is 1.63. The highest BCUT2D eigenvalue weighted by Crippen LogP contribution is 2.16. The molecule has 3 nitrogen and oxygen atoms in total. The van der Waals surface area contributed by atoms with Gasteiger partial charge >= 0.3 is 0 Å². The van der Waals surface area contributed by atoms with Crippen LogP contribution in [0.3, 0.4) is 0 Å². The Labute approximate surface area is 70.4 Å². The zero-order valence-electron chi connectivity index (χ0n) is 6.47. The van der Waals surface area contributed by atoms with Gasteiger partial charge in [-0.05, 0) is 12.2 Å². The SMILES string of the molecule is O=CC1=CN2CC=NC=C2C=C1. The summed E-state index contributed by atoms with van der Waals surface area (Å²) in [6.07, 6.45) is 9.93. The molecule has 0 bridgehead atoms. The van der Waals surface area contributed by atoms with Crippen LogP contribution in [0.25, 0.3) is 0 Å². The number of fused-ring (bicyclic) bond motifs is 1. The van der Waals surface area contributed by atoms with Crippen molar-refractivity contribution in [1.82, 2.24) is 4.90 Å². The van der Waals surface area contributed by atoms with Gasteiger partial charge in [0.2, 0.25) is 0 Å². The number of aldehydes is 1. The number of carbonyl (C=O) groups is 1. The first kappa shape index (κ1) is 7.03. The molecule has 60 valence electrons. The largest absolute Gasteiger partial charge is 0.341 e. The quantitative estimate of drug-likeness (QED) is 0.533. The molecule has 0 radical (unpaired) electrons. The molecule has 0 aromatic heterocycles. The van der Waals surface area contributed by atoms with Crippen LogP contribution in [0.15, 0.2) is 40.8 Å². The summed E-state index contributed by atoms with van der Waals surface area (Å²) in [5.41, 5.74) is 1.73. The van der Waals surface area contributed by atoms with Crippen molar-refractivity contribution in [2.75, 3.05) is 6.54 Å². The fourth-order valence-corrected chi connectivity index (χ4v) is 1.18. The van der Waals surface area contributed by atoms with Gasteiger partial charge in [0.25, 0.3) is 0 Å². The number of rotatable bonds is 1. The van der Waals surface area contributed by atoms with E-state index in [-0.39, 0.29) is 0 Å². The molecule has 12 heavy (non-hydrogen) atoms. The van der Waals surface area contributed by atoms with Crippen molar-refractivity contribution in [3.8, 4) is 0 Å². The van der Waals surface area contributed by atoms with E-state index in [9.17, 15) is 4.79 Å². The molecule has 2 rings (SSSR count). The number of aliphatic imine (C=N–C) groups is 1. The summed E-state index contributed by atoms with van der Waals surface area (Å²) in [7, 11) is 0. The summed E-state index contributed by atoms with van der Waals surface area (Å²) in [4.78, 5) is 16.4. The molecule has 0 fully saturated rings. The van der Waals surface area contributed by atoms with Crippen molar-refractivity contribution >= 4 is 12.5 Å². The molecule has 0 aliphatic carbocycles. The van der Waals surface area contributed by atoms with Crippen LogP contribution in [0.4, 0.5) is 0 Å². The van der Waals surface area contributed by atoms with Gasteiger partial charge in [-0.15, -0.1) is 0 Å². The lowest BCUT2D eigenvalue weighted by Gasteiger charge is -2.24. The lowest BCUT2D eigenvalue weighted by molar-refractivity contribution is -0.104. The predicted octanol–water partition coefficient (Wildman–Crippen LogP) is 0.867. The van der Waals surface area contributed by atoms with E-state index in [1.54, 1.807) is 12.3 Å². The molecule has 0 unspecified atom stereocenters. The Hall–Kier alpha value is -1.64. The highest BCUT2D eigenvalue weighted by atomic mass is 16.1. The van der Waals surface area contributed by atoms with Gasteiger partial charge in [0, 0.05) is 18.0 Å². The second-order valence-electron chi connectivity index (χ2n) is 2.62. The smallest absolute Gasteiger partial charge is 0.151 e. The van der Waals surface area contributed by atoms with Crippen LogP contribution in [-0.4, -0.2) is 23.9 Å². The maximum atomic E-state index is 10.4. The third-order valence-electron chi connectivity index (χ3n) is 1.81. The van der Waals surface area contributed by atoms with E-state index in [4.69, 9.17) is 0 Å². The maximum Gasteiger partial charge on any atom is 0.151 e. The summed E-state index contributed by atoms with van der Waals surface area (Å²) in [6, 6.07) is 0. The van der Waals surface area contributed by atoms with Crippen LogP contribution < -0.4 is 0 Å². The van der Waals surface area contributed by atoms with E-state index >= 15 is 0 Å². The third-order valence-corrected chi connectivity index (χ3v) is 1.81. The van der Waals surface area contributed by atoms with Crippen LogP contribution in [0.1, 0.15) is 0 Å². The number of nitrogens with zero attached hydrogens (tertiary/aromatic N) is 2. The summed E-state index contributed by atoms with van der Waals surface area (Å²) >= 11 is 0. The normalized spacial score (nSPS) is 19.8. The zero-order chi connectivity index (χ0) is 8.39. The lowest BCUT2D eigenvalue weighted by Crippen LogP contribution is -2.22. The Morgan fingerprint density at radius 1 is 1.50 bits per heavy atom. The van der Waals surface area contributed by atoms with Gasteiger partial charge in [0.1, 0.15) is 0 Å². The topological polar surface area (TPSA) is 32.7 Å². The fraction of sp³-hybridized carbons (Fsp3) is 0.111. The van der Waals surface area contributed by atoms with Crippen molar-refractivity contribution in [1.29, 1.82) is 0 Å². The van der Waals surface area contributed by atoms with Crippen LogP contribution in [0.2, 0.25) is 0 Å². The molecular formula is C9H8N2O. The number of allylic oxidation sites excluding steroid dienone is 3. The van der Waals surface area contributed by atoms with Crippen molar-refractivity contribution in [2.24, 2.45) is 4.99 Å². The molecule has 2 heterocycles. The highest BCUT2D eigenvalue weighted by Gasteiger charge is 2.10. The van der Waals surface area contributed by atoms with Crippen LogP contribution >= 0.6 is 0 Å². The van der Waals surface area contributed by atoms with Crippen molar-refractivity contribution in [3.63, 3.8) is 0 Å². The molecule has 2 aliphatic heterocycles. The molecule has 0 amide bonds. The van der Waals surface area contributed by atoms with Crippen molar-refractivity contribution in [3.05, 3.63) is 35.8 Å². The molecule has 3 heteroatoms. The molecule has 0 saturated heterocycles. The minimum absolute atomic E-state index is 0.697. The average Bonchev–Trinajstić information content (AvgIpc) is 2.17. The molecule has 0 saturated carbocycles. The van der Waals surface area contributed by atoms with Gasteiger partial charge in [-0.25, -0.2) is 0 Å². The van der Waals surface area contributed by atoms with Gasteiger partial charge in [0.15, 0.2) is 6.29 Å². The van der Waals surface area contributed by atoms with Gasteiger partial charge in [-0.2, -0.15) is 0 Å². The summed E-state index contributed by atoms with van der Waals surface area (Å²) in [5.74, 6) is 0. The summed E-state index contributed by atoms with van der Waals surface area (Å²) in [6.45, 7) is 0.744. The maximum absolute atomic E-state index is 10.4. The number of hydrogen-bond donors (Lipinski definition) is 0. The minimum atomic E-state index is 0.697.